The van der Waals surface area contributed by atoms with Gasteiger partial charge in [0.2, 0.25) is 0 Å². The lowest BCUT2D eigenvalue weighted by molar-refractivity contribution is 0.627. The molecule has 0 unspecified atom stereocenters. The Balaban J connectivity index is 1.14. The van der Waals surface area contributed by atoms with Crippen LogP contribution >= 0.6 is 0 Å². The van der Waals surface area contributed by atoms with Crippen LogP contribution in [0.1, 0.15) is 0 Å². The smallest absolute Gasteiger partial charge is 0.164 e. The fourth-order valence-corrected chi connectivity index (χ4v) is 5.91. The Labute approximate surface area is 264 Å². The van der Waals surface area contributed by atoms with Gasteiger partial charge in [0.15, 0.2) is 17.5 Å². The van der Waals surface area contributed by atoms with Gasteiger partial charge in [-0.1, -0.05) is 97.1 Å². The monoisotopic (exact) mass is 597 g/mol. The number of nitrogens with zero attached hydrogens (tertiary/aromatic N) is 3. The van der Waals surface area contributed by atoms with E-state index in [9.17, 15) is 8.78 Å². The van der Waals surface area contributed by atoms with Crippen LogP contribution in [0.15, 0.2) is 152 Å². The van der Waals surface area contributed by atoms with E-state index in [1.807, 2.05) is 12.1 Å². The maximum absolute atomic E-state index is 13.6. The first-order chi connectivity index (χ1) is 22.6. The number of benzene rings is 7. The Bertz CT molecular complexity index is 2290. The third kappa shape index (κ3) is 5.18. The quantitative estimate of drug-likeness (QED) is 0.185. The average molecular weight is 598 g/mol. The van der Waals surface area contributed by atoms with Gasteiger partial charge in [0.25, 0.3) is 0 Å². The molecule has 0 aliphatic carbocycles. The van der Waals surface area contributed by atoms with Gasteiger partial charge in [-0.3, -0.25) is 0 Å². The molecular formula is C41H25F2N3. The van der Waals surface area contributed by atoms with Crippen molar-refractivity contribution in [2.75, 3.05) is 0 Å². The molecule has 218 valence electrons. The molecule has 1 heterocycles. The second kappa shape index (κ2) is 11.5. The zero-order valence-corrected chi connectivity index (χ0v) is 24.5. The van der Waals surface area contributed by atoms with Crippen molar-refractivity contribution in [1.82, 2.24) is 15.0 Å². The van der Waals surface area contributed by atoms with E-state index in [-0.39, 0.29) is 11.6 Å². The fraction of sp³-hybridized carbons (Fsp3) is 0. The molecule has 8 rings (SSSR count). The summed E-state index contributed by atoms with van der Waals surface area (Å²) in [4.78, 5) is 14.1. The summed E-state index contributed by atoms with van der Waals surface area (Å²) >= 11 is 0. The maximum atomic E-state index is 13.6. The van der Waals surface area contributed by atoms with Crippen LogP contribution < -0.4 is 0 Å². The molecule has 0 aliphatic heterocycles. The van der Waals surface area contributed by atoms with Gasteiger partial charge in [-0.2, -0.15) is 0 Å². The van der Waals surface area contributed by atoms with E-state index in [2.05, 4.69) is 96.0 Å². The molecule has 0 saturated heterocycles. The minimum absolute atomic E-state index is 0.342. The van der Waals surface area contributed by atoms with E-state index in [1.165, 1.54) is 51.4 Å². The Hall–Kier alpha value is -6.07. The van der Waals surface area contributed by atoms with Gasteiger partial charge in [0.1, 0.15) is 11.6 Å². The highest BCUT2D eigenvalue weighted by Gasteiger charge is 2.14. The van der Waals surface area contributed by atoms with Gasteiger partial charge in [-0.05, 0) is 98.4 Å². The third-order valence-electron chi connectivity index (χ3n) is 8.28. The van der Waals surface area contributed by atoms with Gasteiger partial charge < -0.3 is 0 Å². The largest absolute Gasteiger partial charge is 0.208 e. The molecule has 0 fully saturated rings. The number of hydrogen-bond donors (Lipinski definition) is 0. The number of rotatable bonds is 5. The van der Waals surface area contributed by atoms with Gasteiger partial charge in [0, 0.05) is 16.7 Å². The van der Waals surface area contributed by atoms with Crippen molar-refractivity contribution in [2.45, 2.75) is 0 Å². The molecule has 0 atom stereocenters. The van der Waals surface area contributed by atoms with Gasteiger partial charge in [0.05, 0.1) is 0 Å². The number of hydrogen-bond acceptors (Lipinski definition) is 3. The average Bonchev–Trinajstić information content (AvgIpc) is 3.12. The highest BCUT2D eigenvalue weighted by Crippen LogP contribution is 2.36. The first-order valence-corrected chi connectivity index (χ1v) is 15.0. The normalized spacial score (nSPS) is 11.3. The Morgan fingerprint density at radius 1 is 0.326 bits per heavy atom. The predicted octanol–water partition coefficient (Wildman–Crippen LogP) is 10.8. The number of halogens is 2. The van der Waals surface area contributed by atoms with E-state index in [1.54, 1.807) is 24.3 Å². The van der Waals surface area contributed by atoms with Crippen LogP contribution in [0, 0.1) is 11.6 Å². The minimum atomic E-state index is -0.342. The molecule has 0 amide bonds. The van der Waals surface area contributed by atoms with Crippen LogP contribution in [0.4, 0.5) is 8.78 Å². The van der Waals surface area contributed by atoms with Gasteiger partial charge in [-0.15, -0.1) is 0 Å². The second-order valence-corrected chi connectivity index (χ2v) is 11.2. The van der Waals surface area contributed by atoms with E-state index in [0.717, 1.165) is 22.3 Å². The van der Waals surface area contributed by atoms with E-state index < -0.39 is 0 Å². The Morgan fingerprint density at radius 3 is 1.20 bits per heavy atom. The molecule has 0 aliphatic rings. The number of fused-ring (bicyclic) bond motifs is 3. The molecule has 7 aromatic carbocycles. The van der Waals surface area contributed by atoms with Crippen molar-refractivity contribution in [3.63, 3.8) is 0 Å². The molecule has 46 heavy (non-hydrogen) atoms. The molecule has 0 radical (unpaired) electrons. The van der Waals surface area contributed by atoms with E-state index >= 15 is 0 Å². The second-order valence-electron chi connectivity index (χ2n) is 11.2. The summed E-state index contributed by atoms with van der Waals surface area (Å²) in [7, 11) is 0. The summed E-state index contributed by atoms with van der Waals surface area (Å²) in [5.41, 5.74) is 6.64. The van der Waals surface area contributed by atoms with Crippen molar-refractivity contribution in [2.24, 2.45) is 0 Å². The molecule has 0 spiro atoms. The molecule has 0 saturated carbocycles. The highest BCUT2D eigenvalue weighted by atomic mass is 19.1. The first kappa shape index (κ1) is 27.5. The summed E-state index contributed by atoms with van der Waals surface area (Å²) < 4.78 is 27.3. The lowest BCUT2D eigenvalue weighted by Gasteiger charge is -2.12. The van der Waals surface area contributed by atoms with Crippen molar-refractivity contribution in [3.8, 4) is 56.4 Å². The molecule has 5 heteroatoms. The number of aromatic nitrogens is 3. The fourth-order valence-electron chi connectivity index (χ4n) is 5.91. The van der Waals surface area contributed by atoms with Crippen molar-refractivity contribution >= 4 is 21.5 Å². The summed E-state index contributed by atoms with van der Waals surface area (Å²) in [6.45, 7) is 0. The van der Waals surface area contributed by atoms with Crippen LogP contribution in [-0.2, 0) is 0 Å². The predicted molar refractivity (Wildman–Crippen MR) is 182 cm³/mol. The minimum Gasteiger partial charge on any atom is -0.208 e. The molecule has 0 bridgehead atoms. The topological polar surface area (TPSA) is 38.7 Å². The standard InChI is InChI=1S/C41H25F2N3/c42-33-21-17-30(18-22-33)40-44-39(45-41(46-40)31-19-23-34(43)24-20-31)29-15-11-27(12-16-29)26-9-13-28(14-10-26)38-25-32-5-1-2-6-35(32)36-7-3-4-8-37(36)38/h1-25H. The summed E-state index contributed by atoms with van der Waals surface area (Å²) in [6.07, 6.45) is 0. The van der Waals surface area contributed by atoms with E-state index in [0.29, 0.717) is 28.6 Å². The lowest BCUT2D eigenvalue weighted by Crippen LogP contribution is -2.00. The van der Waals surface area contributed by atoms with E-state index in [4.69, 9.17) is 9.97 Å². The Kier molecular flexibility index (Phi) is 6.84. The summed E-state index contributed by atoms with van der Waals surface area (Å²) in [5, 5.41) is 4.96. The third-order valence-corrected chi connectivity index (χ3v) is 8.28. The zero-order valence-electron chi connectivity index (χ0n) is 24.5. The van der Waals surface area contributed by atoms with Crippen LogP contribution in [-0.4, -0.2) is 15.0 Å². The molecular weight excluding hydrogens is 572 g/mol. The van der Waals surface area contributed by atoms with Gasteiger partial charge >= 0.3 is 0 Å². The SMILES string of the molecule is Fc1ccc(-c2nc(-c3ccc(F)cc3)nc(-c3ccc(-c4ccc(-c5cc6ccccc6c6ccccc56)cc4)cc3)n2)cc1. The first-order valence-electron chi connectivity index (χ1n) is 15.0. The van der Waals surface area contributed by atoms with Crippen molar-refractivity contribution in [1.29, 1.82) is 0 Å². The van der Waals surface area contributed by atoms with Crippen LogP contribution in [0.25, 0.3) is 78.0 Å². The van der Waals surface area contributed by atoms with Crippen molar-refractivity contribution in [3.05, 3.63) is 163 Å². The molecule has 8 aromatic rings. The maximum Gasteiger partial charge on any atom is 0.164 e. The highest BCUT2D eigenvalue weighted by molar-refractivity contribution is 6.13. The molecule has 0 N–H and O–H groups in total. The van der Waals surface area contributed by atoms with Gasteiger partial charge in [-0.25, -0.2) is 23.7 Å². The molecule has 1 aromatic heterocycles. The van der Waals surface area contributed by atoms with Crippen LogP contribution in [0.3, 0.4) is 0 Å². The van der Waals surface area contributed by atoms with Crippen molar-refractivity contribution < 1.29 is 8.78 Å². The zero-order chi connectivity index (χ0) is 31.0. The Morgan fingerprint density at radius 2 is 0.696 bits per heavy atom. The molecule has 3 nitrogen and oxygen atoms in total. The van der Waals surface area contributed by atoms with Crippen LogP contribution in [0.2, 0.25) is 0 Å². The summed E-state index contributed by atoms with van der Waals surface area (Å²) in [5.74, 6) is 0.603. The lowest BCUT2D eigenvalue weighted by atomic mass is 9.92. The van der Waals surface area contributed by atoms with Crippen LogP contribution in [0.5, 0.6) is 0 Å². The summed E-state index contributed by atoms with van der Waals surface area (Å²) in [6, 6.07) is 48.1.